The lowest BCUT2D eigenvalue weighted by atomic mass is 9.82. The topological polar surface area (TPSA) is 90.0 Å². The number of amides is 1. The molecular weight excluding hydrogens is 614 g/mol. The highest BCUT2D eigenvalue weighted by Crippen LogP contribution is 2.34. The molecule has 0 radical (unpaired) electrons. The third-order valence-corrected chi connectivity index (χ3v) is 9.70. The highest BCUT2D eigenvalue weighted by molar-refractivity contribution is 6.38. The van der Waals surface area contributed by atoms with Crippen molar-refractivity contribution in [3.63, 3.8) is 0 Å². The summed E-state index contributed by atoms with van der Waals surface area (Å²) in [5.41, 5.74) is 3.45. The summed E-state index contributed by atoms with van der Waals surface area (Å²) in [6.45, 7) is 5.42. The first-order valence-electron chi connectivity index (χ1n) is 17.1. The Labute approximate surface area is 289 Å². The molecule has 254 valence electrons. The maximum absolute atomic E-state index is 13.6. The monoisotopic (exact) mass is 659 g/mol. The van der Waals surface area contributed by atoms with Crippen molar-refractivity contribution in [2.75, 3.05) is 13.2 Å². The molecule has 4 aromatic carbocycles. The quantitative estimate of drug-likeness (QED) is 0.0971. The lowest BCUT2D eigenvalue weighted by Crippen LogP contribution is -2.67. The molecule has 1 amide bonds. The summed E-state index contributed by atoms with van der Waals surface area (Å²) in [6, 6.07) is 37.9. The van der Waals surface area contributed by atoms with Gasteiger partial charge in [-0.2, -0.15) is 0 Å². The number of likely N-dealkylation sites (tertiary alicyclic amines) is 1. The fourth-order valence-electron chi connectivity index (χ4n) is 6.33. The number of carbonyl (C=O) groups is 4. The smallest absolute Gasteiger partial charge is 0.328 e. The summed E-state index contributed by atoms with van der Waals surface area (Å²) in [5.74, 6) is -2.77. The number of carbonyl (C=O) groups excluding carboxylic acids is 4. The number of nitrogens with zero attached hydrogens (tertiary/aromatic N) is 1. The standard InChI is InChI=1S/C42H45NO6/c1-4-42(2,3)38(44)39(45)43-36(40(46)48-27-25-34(30-17-9-5-10-18-30)31-19-11-6-12-20-31)29-37(43)41(47)49-28-26-35(32-21-13-7-14-22-32)33-23-15-8-16-24-33/h5-24,34-37H,4,25-29H2,1-3H3/t36-,37+. The van der Waals surface area contributed by atoms with Gasteiger partial charge < -0.3 is 14.4 Å². The van der Waals surface area contributed by atoms with Crippen LogP contribution >= 0.6 is 0 Å². The van der Waals surface area contributed by atoms with Gasteiger partial charge >= 0.3 is 11.9 Å². The largest absolute Gasteiger partial charge is 0.464 e. The molecule has 1 saturated heterocycles. The average molecular weight is 660 g/mol. The Hall–Kier alpha value is -5.04. The van der Waals surface area contributed by atoms with Gasteiger partial charge in [-0.25, -0.2) is 9.59 Å². The molecule has 1 heterocycles. The summed E-state index contributed by atoms with van der Waals surface area (Å²) in [7, 11) is 0. The molecule has 1 fully saturated rings. The molecule has 0 bridgehead atoms. The van der Waals surface area contributed by atoms with E-state index < -0.39 is 41.1 Å². The van der Waals surface area contributed by atoms with E-state index >= 15 is 0 Å². The Kier molecular flexibility index (Phi) is 11.8. The van der Waals surface area contributed by atoms with E-state index in [1.54, 1.807) is 13.8 Å². The molecule has 0 N–H and O–H groups in total. The van der Waals surface area contributed by atoms with Gasteiger partial charge in [0.05, 0.1) is 13.2 Å². The van der Waals surface area contributed by atoms with Crippen molar-refractivity contribution in [2.45, 2.75) is 70.4 Å². The molecule has 1 aliphatic heterocycles. The number of esters is 2. The summed E-state index contributed by atoms with van der Waals surface area (Å²) in [6.07, 6.45) is 1.51. The Balaban J connectivity index is 1.25. The Morgan fingerprint density at radius 3 is 1.24 bits per heavy atom. The normalized spacial score (nSPS) is 15.8. The van der Waals surface area contributed by atoms with Crippen LogP contribution < -0.4 is 0 Å². The summed E-state index contributed by atoms with van der Waals surface area (Å²) in [5, 5.41) is 0. The first kappa shape index (κ1) is 35.3. The van der Waals surface area contributed by atoms with Gasteiger partial charge in [0, 0.05) is 23.7 Å². The molecule has 1 aliphatic rings. The van der Waals surface area contributed by atoms with Crippen LogP contribution in [0, 0.1) is 5.41 Å². The zero-order valence-electron chi connectivity index (χ0n) is 28.5. The van der Waals surface area contributed by atoms with Gasteiger partial charge in [-0.15, -0.1) is 0 Å². The van der Waals surface area contributed by atoms with Gasteiger partial charge in [0.15, 0.2) is 0 Å². The molecule has 0 spiro atoms. The van der Waals surface area contributed by atoms with Gasteiger partial charge in [0.25, 0.3) is 5.91 Å². The first-order chi connectivity index (χ1) is 23.7. The van der Waals surface area contributed by atoms with E-state index in [4.69, 9.17) is 9.47 Å². The van der Waals surface area contributed by atoms with Crippen LogP contribution in [-0.2, 0) is 28.7 Å². The number of ether oxygens (including phenoxy) is 2. The fourth-order valence-corrected chi connectivity index (χ4v) is 6.33. The Bertz CT molecular complexity index is 1500. The average Bonchev–Trinajstić information content (AvgIpc) is 3.12. The maximum Gasteiger partial charge on any atom is 0.328 e. The minimum absolute atomic E-state index is 0.000388. The van der Waals surface area contributed by atoms with Crippen molar-refractivity contribution in [1.82, 2.24) is 4.90 Å². The third kappa shape index (κ3) is 8.52. The summed E-state index contributed by atoms with van der Waals surface area (Å²) < 4.78 is 11.5. The Morgan fingerprint density at radius 1 is 0.612 bits per heavy atom. The molecular formula is C42H45NO6. The second kappa shape index (κ2) is 16.4. The summed E-state index contributed by atoms with van der Waals surface area (Å²) >= 11 is 0. The van der Waals surface area contributed by atoms with Crippen molar-refractivity contribution in [3.05, 3.63) is 144 Å². The molecule has 0 aliphatic carbocycles. The molecule has 7 nitrogen and oxygen atoms in total. The molecule has 2 atom stereocenters. The van der Waals surface area contributed by atoms with Crippen molar-refractivity contribution in [1.29, 1.82) is 0 Å². The van der Waals surface area contributed by atoms with Gasteiger partial charge in [0.2, 0.25) is 5.78 Å². The van der Waals surface area contributed by atoms with Crippen molar-refractivity contribution >= 4 is 23.6 Å². The number of hydrogen-bond acceptors (Lipinski definition) is 6. The van der Waals surface area contributed by atoms with Crippen LogP contribution in [0.15, 0.2) is 121 Å². The predicted molar refractivity (Wildman–Crippen MR) is 189 cm³/mol. The fraction of sp³-hybridized carbons (Fsp3) is 0.333. The molecule has 0 unspecified atom stereocenters. The molecule has 49 heavy (non-hydrogen) atoms. The van der Waals surface area contributed by atoms with Gasteiger partial charge in [-0.05, 0) is 41.5 Å². The highest BCUT2D eigenvalue weighted by atomic mass is 16.5. The molecule has 4 aromatic rings. The van der Waals surface area contributed by atoms with Crippen molar-refractivity contribution in [3.8, 4) is 0 Å². The second-order valence-corrected chi connectivity index (χ2v) is 13.2. The lowest BCUT2D eigenvalue weighted by molar-refractivity contribution is -0.179. The van der Waals surface area contributed by atoms with Crippen LogP contribution in [0.25, 0.3) is 0 Å². The summed E-state index contributed by atoms with van der Waals surface area (Å²) in [4.78, 5) is 54.9. The number of hydrogen-bond donors (Lipinski definition) is 0. The second-order valence-electron chi connectivity index (χ2n) is 13.2. The van der Waals surface area contributed by atoms with E-state index in [-0.39, 0.29) is 31.5 Å². The van der Waals surface area contributed by atoms with Gasteiger partial charge in [-0.3, -0.25) is 9.59 Å². The molecule has 7 heteroatoms. The van der Waals surface area contributed by atoms with Crippen LogP contribution in [0.3, 0.4) is 0 Å². The van der Waals surface area contributed by atoms with E-state index in [1.807, 2.05) is 128 Å². The third-order valence-electron chi connectivity index (χ3n) is 9.70. The Morgan fingerprint density at radius 2 is 0.939 bits per heavy atom. The molecule has 0 aromatic heterocycles. The van der Waals surface area contributed by atoms with E-state index in [0.717, 1.165) is 27.2 Å². The van der Waals surface area contributed by atoms with E-state index in [2.05, 4.69) is 0 Å². The van der Waals surface area contributed by atoms with E-state index in [9.17, 15) is 19.2 Å². The van der Waals surface area contributed by atoms with Gasteiger partial charge in [-0.1, -0.05) is 142 Å². The van der Waals surface area contributed by atoms with Crippen LogP contribution in [-0.4, -0.2) is 53.8 Å². The zero-order chi connectivity index (χ0) is 34.8. The van der Waals surface area contributed by atoms with Crippen molar-refractivity contribution < 1.29 is 28.7 Å². The van der Waals surface area contributed by atoms with Crippen LogP contribution in [0.4, 0.5) is 0 Å². The maximum atomic E-state index is 13.6. The minimum Gasteiger partial charge on any atom is -0.464 e. The van der Waals surface area contributed by atoms with Crippen LogP contribution in [0.1, 0.15) is 80.5 Å². The number of ketones is 1. The van der Waals surface area contributed by atoms with Crippen LogP contribution in [0.2, 0.25) is 0 Å². The zero-order valence-corrected chi connectivity index (χ0v) is 28.5. The molecule has 5 rings (SSSR count). The predicted octanol–water partition coefficient (Wildman–Crippen LogP) is 7.49. The highest BCUT2D eigenvalue weighted by Gasteiger charge is 2.53. The van der Waals surface area contributed by atoms with Crippen molar-refractivity contribution in [2.24, 2.45) is 5.41 Å². The number of rotatable bonds is 15. The molecule has 0 saturated carbocycles. The number of Topliss-reactive ketones (excluding diaryl/α,β-unsaturated/α-hetero) is 1. The van der Waals surface area contributed by atoms with E-state index in [0.29, 0.717) is 19.3 Å². The first-order valence-corrected chi connectivity index (χ1v) is 17.1. The van der Waals surface area contributed by atoms with Crippen LogP contribution in [0.5, 0.6) is 0 Å². The van der Waals surface area contributed by atoms with E-state index in [1.165, 1.54) is 0 Å². The minimum atomic E-state index is -1.05. The SMILES string of the molecule is CCC(C)(C)C(=O)C(=O)N1[C@@H](C(=O)OCCC(c2ccccc2)c2ccccc2)C[C@H]1C(=O)OCCC(c1ccccc1)c1ccccc1. The number of benzene rings is 4. The van der Waals surface area contributed by atoms with Gasteiger partial charge in [0.1, 0.15) is 12.1 Å². The lowest BCUT2D eigenvalue weighted by Gasteiger charge is -2.45.